The summed E-state index contributed by atoms with van der Waals surface area (Å²) < 4.78 is 138. The van der Waals surface area contributed by atoms with Crippen LogP contribution >= 0.6 is 0 Å². The van der Waals surface area contributed by atoms with Gasteiger partial charge in [0, 0.05) is 11.1 Å². The third-order valence-electron chi connectivity index (χ3n) is 5.29. The van der Waals surface area contributed by atoms with Crippen LogP contribution in [0.1, 0.15) is 11.1 Å². The van der Waals surface area contributed by atoms with E-state index in [9.17, 15) is 47.3 Å². The van der Waals surface area contributed by atoms with Crippen molar-refractivity contribution in [3.8, 4) is 5.75 Å². The van der Waals surface area contributed by atoms with Crippen LogP contribution in [0.25, 0.3) is 11.4 Å². The first-order valence-electron chi connectivity index (χ1n) is 10.4. The fourth-order valence-electron chi connectivity index (χ4n) is 3.94. The fourth-order valence-corrected chi connectivity index (χ4v) is 10.4. The molecule has 208 valence electrons. The molecule has 3 aromatic carbocycles. The van der Waals surface area contributed by atoms with Crippen molar-refractivity contribution in [3.05, 3.63) is 102 Å². The van der Waals surface area contributed by atoms with Gasteiger partial charge in [-0.05, 0) is 12.1 Å². The number of benzene rings is 3. The Morgan fingerprint density at radius 3 is 1.27 bits per heavy atom. The molecule has 14 nitrogen and oxygen atoms in total. The second-order valence-corrected chi connectivity index (χ2v) is 13.6. The van der Waals surface area contributed by atoms with Gasteiger partial charge >= 0.3 is 84.0 Å². The smallest absolute Gasteiger partial charge is 0.744 e. The van der Waals surface area contributed by atoms with Crippen molar-refractivity contribution >= 4 is 52.2 Å². The molecule has 0 spiro atoms. The molecular formula is C21H16N2Na2O12S4. The Hall–Kier alpha value is -1.52. The Kier molecular flexibility index (Phi) is 11.0. The molecule has 0 saturated heterocycles. The largest absolute Gasteiger partial charge is 1.00 e. The maximum Gasteiger partial charge on any atom is 1.00 e. The normalized spacial score (nSPS) is 15.6. The number of hydrogen-bond donors (Lipinski definition) is 1. The Balaban J connectivity index is 0.00000294. The first kappa shape index (κ1) is 35.7. The molecule has 0 fully saturated rings. The van der Waals surface area contributed by atoms with Crippen molar-refractivity contribution in [2.24, 2.45) is 0 Å². The number of para-hydroxylation sites is 1. The molecule has 0 saturated carbocycles. The zero-order chi connectivity index (χ0) is 28.9. The minimum atomic E-state index is -6.90. The minimum Gasteiger partial charge on any atom is -0.744 e. The van der Waals surface area contributed by atoms with Gasteiger partial charge in [0.15, 0.2) is 20.2 Å². The van der Waals surface area contributed by atoms with Crippen molar-refractivity contribution in [2.75, 3.05) is 0 Å². The molecule has 1 heterocycles. The molecule has 0 amide bonds. The quantitative estimate of drug-likeness (QED) is 0.177. The van der Waals surface area contributed by atoms with Crippen LogP contribution in [0.4, 0.5) is 0 Å². The zero-order valence-corrected chi connectivity index (χ0v) is 28.4. The van der Waals surface area contributed by atoms with Gasteiger partial charge in [0.05, 0.1) is 11.4 Å². The number of hydrogen-bond acceptors (Lipinski definition) is 11. The Bertz CT molecular complexity index is 1840. The van der Waals surface area contributed by atoms with Crippen molar-refractivity contribution in [3.63, 3.8) is 0 Å². The summed E-state index contributed by atoms with van der Waals surface area (Å²) in [5, 5.41) is 0. The molecule has 0 aromatic heterocycles. The fraction of sp³-hybridized carbons (Fsp3) is 0.0476. The van der Waals surface area contributed by atoms with Crippen LogP contribution in [0.2, 0.25) is 0 Å². The Morgan fingerprint density at radius 2 is 0.927 bits per heavy atom. The molecule has 0 unspecified atom stereocenters. The third-order valence-corrected chi connectivity index (χ3v) is 11.2. The molecule has 1 N–H and O–H groups in total. The maximum absolute atomic E-state index is 13.7. The molecule has 0 aliphatic carbocycles. The van der Waals surface area contributed by atoms with E-state index in [1.54, 1.807) is 0 Å². The van der Waals surface area contributed by atoms with E-state index in [4.69, 9.17) is 4.18 Å². The van der Waals surface area contributed by atoms with Crippen LogP contribution in [-0.2, 0) is 40.8 Å². The van der Waals surface area contributed by atoms with Gasteiger partial charge in [0.1, 0.15) is 5.75 Å². The van der Waals surface area contributed by atoms with E-state index in [2.05, 4.69) is 0 Å². The minimum absolute atomic E-state index is 0. The summed E-state index contributed by atoms with van der Waals surface area (Å²) in [6.45, 7) is 0. The molecule has 0 radical (unpaired) electrons. The van der Waals surface area contributed by atoms with Crippen LogP contribution in [0.5, 0.6) is 5.75 Å². The van der Waals surface area contributed by atoms with E-state index in [0.717, 1.165) is 36.4 Å². The first-order chi connectivity index (χ1) is 18.0. The molecule has 4 rings (SSSR count). The molecular weight excluding hydrogens is 646 g/mol. The average Bonchev–Trinajstić information content (AvgIpc) is 3.21. The number of nitrogens with zero attached hydrogens (tertiary/aromatic N) is 2. The Morgan fingerprint density at radius 1 is 0.585 bits per heavy atom. The molecule has 0 bridgehead atoms. The van der Waals surface area contributed by atoms with E-state index < -0.39 is 76.5 Å². The van der Waals surface area contributed by atoms with E-state index in [1.807, 2.05) is 0 Å². The SMILES string of the molecule is O=S(=O)(O)N1C(c2ccccc2)=C(c2ccccc2)N(S(=O)(=O)Oc2ccccc2)C1(S(=O)(=O)[O-])S(=O)(=O)[O-].[Na+].[Na+]. The van der Waals surface area contributed by atoms with Gasteiger partial charge in [-0.15, -0.1) is 0 Å². The summed E-state index contributed by atoms with van der Waals surface area (Å²) in [6.07, 6.45) is 0. The van der Waals surface area contributed by atoms with Gasteiger partial charge in [-0.2, -0.15) is 25.4 Å². The third kappa shape index (κ3) is 6.40. The van der Waals surface area contributed by atoms with Crippen molar-refractivity contribution in [2.45, 2.75) is 4.33 Å². The average molecular weight is 663 g/mol. The summed E-state index contributed by atoms with van der Waals surface area (Å²) in [7, 11) is -25.9. The molecule has 0 atom stereocenters. The maximum atomic E-state index is 13.7. The molecule has 3 aromatic rings. The summed E-state index contributed by atoms with van der Waals surface area (Å²) in [5.74, 6) is -0.531. The van der Waals surface area contributed by atoms with Crippen LogP contribution < -0.4 is 63.3 Å². The van der Waals surface area contributed by atoms with E-state index in [-0.39, 0.29) is 64.7 Å². The Labute approximate surface area is 280 Å². The van der Waals surface area contributed by atoms with Crippen LogP contribution in [-0.4, -0.2) is 60.3 Å². The predicted octanol–water partition coefficient (Wildman–Crippen LogP) is -5.03. The second kappa shape index (κ2) is 12.6. The van der Waals surface area contributed by atoms with Crippen LogP contribution in [0.15, 0.2) is 91.0 Å². The van der Waals surface area contributed by atoms with Gasteiger partial charge in [-0.1, -0.05) is 78.9 Å². The van der Waals surface area contributed by atoms with Gasteiger partial charge in [0.2, 0.25) is 0 Å². The van der Waals surface area contributed by atoms with Crippen molar-refractivity contribution < 1.29 is 111 Å². The van der Waals surface area contributed by atoms with Crippen LogP contribution in [0.3, 0.4) is 0 Å². The van der Waals surface area contributed by atoms with E-state index in [1.165, 1.54) is 54.6 Å². The second-order valence-electron chi connectivity index (χ2n) is 7.75. The van der Waals surface area contributed by atoms with Gasteiger partial charge in [0.25, 0.3) is 0 Å². The monoisotopic (exact) mass is 662 g/mol. The summed E-state index contributed by atoms with van der Waals surface area (Å²) in [6, 6.07) is 18.4. The molecule has 41 heavy (non-hydrogen) atoms. The molecule has 1 aliphatic rings. The van der Waals surface area contributed by atoms with Crippen molar-refractivity contribution in [1.82, 2.24) is 8.61 Å². The van der Waals surface area contributed by atoms with Crippen LogP contribution in [0, 0.1) is 0 Å². The van der Waals surface area contributed by atoms with Gasteiger partial charge < -0.3 is 13.3 Å². The summed E-state index contributed by atoms with van der Waals surface area (Å²) in [5.41, 5.74) is -3.00. The number of rotatable bonds is 8. The molecule has 1 aliphatic heterocycles. The van der Waals surface area contributed by atoms with E-state index in [0.29, 0.717) is 0 Å². The van der Waals surface area contributed by atoms with Gasteiger partial charge in [-0.25, -0.2) is 16.8 Å². The molecule has 20 heteroatoms. The van der Waals surface area contributed by atoms with E-state index >= 15 is 0 Å². The standard InChI is InChI=1S/C21H18N2O12S4.2Na/c24-36(25,26)21(37(27,28)29)22(38(30,31)32)19(16-10-4-1-5-11-16)20(17-12-6-2-7-13-17)23(21)39(33,34)35-18-14-8-3-9-15-18;;/h1-15H,(H,24,25,26)(H,27,28,29)(H,30,31,32);;/q;2*+1/p-2. The summed E-state index contributed by atoms with van der Waals surface area (Å²) >= 11 is 0. The first-order valence-corrected chi connectivity index (χ1v) is 15.9. The van der Waals surface area contributed by atoms with Gasteiger partial charge in [-0.3, -0.25) is 4.55 Å². The summed E-state index contributed by atoms with van der Waals surface area (Å²) in [4.78, 5) is 0. The topological polar surface area (TPSA) is 219 Å². The predicted molar refractivity (Wildman–Crippen MR) is 133 cm³/mol. The zero-order valence-electron chi connectivity index (χ0n) is 21.1. The van der Waals surface area contributed by atoms with Crippen molar-refractivity contribution in [1.29, 1.82) is 0 Å².